The lowest BCUT2D eigenvalue weighted by Crippen LogP contribution is -2.11. The van der Waals surface area contributed by atoms with Crippen molar-refractivity contribution in [3.8, 4) is 11.8 Å². The van der Waals surface area contributed by atoms with E-state index in [0.29, 0.717) is 25.3 Å². The molecule has 19 heavy (non-hydrogen) atoms. The Labute approximate surface area is 114 Å². The van der Waals surface area contributed by atoms with Gasteiger partial charge < -0.3 is 10.5 Å². The zero-order chi connectivity index (χ0) is 14.3. The first kappa shape index (κ1) is 15.5. The van der Waals surface area contributed by atoms with Crippen LogP contribution in [0, 0.1) is 22.6 Å². The van der Waals surface area contributed by atoms with Gasteiger partial charge in [-0.25, -0.2) is 4.39 Å². The maximum Gasteiger partial charge on any atom is 0.165 e. The molecule has 1 rings (SSSR count). The van der Waals surface area contributed by atoms with E-state index in [0.717, 1.165) is 18.4 Å². The number of para-hydroxylation sites is 1. The standard InChI is InChI=1S/C15H21FN2O/c1-15(2,11-18)8-4-10-19-14-12(7-9-17)5-3-6-13(14)16/h3,5-6H,4,7-10,17H2,1-2H3. The fourth-order valence-electron chi connectivity index (χ4n) is 1.81. The highest BCUT2D eigenvalue weighted by molar-refractivity contribution is 5.35. The van der Waals surface area contributed by atoms with Crippen molar-refractivity contribution in [2.45, 2.75) is 33.1 Å². The topological polar surface area (TPSA) is 59.0 Å². The van der Waals surface area contributed by atoms with Crippen LogP contribution in [0.2, 0.25) is 0 Å². The Balaban J connectivity index is 2.56. The average Bonchev–Trinajstić information content (AvgIpc) is 2.37. The summed E-state index contributed by atoms with van der Waals surface area (Å²) in [5, 5.41) is 8.90. The summed E-state index contributed by atoms with van der Waals surface area (Å²) in [5.74, 6) is -0.0618. The average molecular weight is 264 g/mol. The van der Waals surface area contributed by atoms with E-state index in [9.17, 15) is 4.39 Å². The predicted molar refractivity (Wildman–Crippen MR) is 73.3 cm³/mol. The van der Waals surface area contributed by atoms with Crippen LogP contribution in [0.25, 0.3) is 0 Å². The third-order valence-electron chi connectivity index (χ3n) is 2.96. The Morgan fingerprint density at radius 3 is 2.79 bits per heavy atom. The molecule has 0 spiro atoms. The van der Waals surface area contributed by atoms with Gasteiger partial charge in [-0.3, -0.25) is 0 Å². The van der Waals surface area contributed by atoms with Gasteiger partial charge in [0, 0.05) is 0 Å². The third-order valence-corrected chi connectivity index (χ3v) is 2.96. The van der Waals surface area contributed by atoms with E-state index in [1.165, 1.54) is 6.07 Å². The Bertz CT molecular complexity index is 452. The molecule has 0 amide bonds. The van der Waals surface area contributed by atoms with E-state index in [1.807, 2.05) is 19.9 Å². The molecule has 0 bridgehead atoms. The number of nitrogens with zero attached hydrogens (tertiary/aromatic N) is 1. The number of nitrogens with two attached hydrogens (primary N) is 1. The van der Waals surface area contributed by atoms with Gasteiger partial charge in [-0.2, -0.15) is 5.26 Å². The molecule has 3 nitrogen and oxygen atoms in total. The monoisotopic (exact) mass is 264 g/mol. The summed E-state index contributed by atoms with van der Waals surface area (Å²) < 4.78 is 19.2. The molecule has 0 aliphatic rings. The molecule has 0 heterocycles. The van der Waals surface area contributed by atoms with Gasteiger partial charge in [-0.1, -0.05) is 12.1 Å². The van der Waals surface area contributed by atoms with Crippen LogP contribution in [0.4, 0.5) is 4.39 Å². The number of nitriles is 1. The first-order valence-electron chi connectivity index (χ1n) is 6.51. The van der Waals surface area contributed by atoms with Crippen molar-refractivity contribution in [1.82, 2.24) is 0 Å². The fourth-order valence-corrected chi connectivity index (χ4v) is 1.81. The van der Waals surface area contributed by atoms with Crippen molar-refractivity contribution in [1.29, 1.82) is 5.26 Å². The molecule has 0 saturated heterocycles. The van der Waals surface area contributed by atoms with Gasteiger partial charge in [0.25, 0.3) is 0 Å². The minimum Gasteiger partial charge on any atom is -0.490 e. The maximum absolute atomic E-state index is 13.7. The Morgan fingerprint density at radius 1 is 1.42 bits per heavy atom. The molecule has 0 unspecified atom stereocenters. The lowest BCUT2D eigenvalue weighted by Gasteiger charge is -2.16. The van der Waals surface area contributed by atoms with E-state index in [1.54, 1.807) is 6.07 Å². The molecule has 4 heteroatoms. The zero-order valence-corrected chi connectivity index (χ0v) is 11.6. The summed E-state index contributed by atoms with van der Waals surface area (Å²) in [5.41, 5.74) is 5.93. The second-order valence-electron chi connectivity index (χ2n) is 5.21. The molecule has 0 aromatic heterocycles. The summed E-state index contributed by atoms with van der Waals surface area (Å²) in [4.78, 5) is 0. The molecule has 0 fully saturated rings. The minimum absolute atomic E-state index is 0.294. The number of halogens is 1. The summed E-state index contributed by atoms with van der Waals surface area (Å²) in [6, 6.07) is 7.10. The minimum atomic E-state index is -0.362. The lowest BCUT2D eigenvalue weighted by molar-refractivity contribution is 0.270. The zero-order valence-electron chi connectivity index (χ0n) is 11.6. The maximum atomic E-state index is 13.7. The molecular formula is C15H21FN2O. The van der Waals surface area contributed by atoms with Crippen LogP contribution in [0.15, 0.2) is 18.2 Å². The van der Waals surface area contributed by atoms with Gasteiger partial charge in [0.2, 0.25) is 0 Å². The first-order valence-corrected chi connectivity index (χ1v) is 6.51. The summed E-state index contributed by atoms with van der Waals surface area (Å²) in [7, 11) is 0. The van der Waals surface area contributed by atoms with Gasteiger partial charge >= 0.3 is 0 Å². The largest absolute Gasteiger partial charge is 0.490 e. The van der Waals surface area contributed by atoms with Gasteiger partial charge in [-0.05, 0) is 51.3 Å². The first-order chi connectivity index (χ1) is 9.00. The van der Waals surface area contributed by atoms with Gasteiger partial charge in [-0.15, -0.1) is 0 Å². The Morgan fingerprint density at radius 2 is 2.16 bits per heavy atom. The van der Waals surface area contributed by atoms with Crippen molar-refractivity contribution in [3.05, 3.63) is 29.6 Å². The SMILES string of the molecule is CC(C)(C#N)CCCOc1c(F)cccc1CCN. The van der Waals surface area contributed by atoms with Crippen LogP contribution >= 0.6 is 0 Å². The number of ether oxygens (including phenoxy) is 1. The van der Waals surface area contributed by atoms with Crippen molar-refractivity contribution in [2.75, 3.05) is 13.2 Å². The predicted octanol–water partition coefficient (Wildman–Crippen LogP) is 3.04. The molecular weight excluding hydrogens is 243 g/mol. The van der Waals surface area contributed by atoms with Crippen LogP contribution in [0.1, 0.15) is 32.3 Å². The van der Waals surface area contributed by atoms with Crippen molar-refractivity contribution < 1.29 is 9.13 Å². The molecule has 0 aliphatic carbocycles. The van der Waals surface area contributed by atoms with Crippen molar-refractivity contribution >= 4 is 0 Å². The molecule has 2 N–H and O–H groups in total. The highest BCUT2D eigenvalue weighted by Crippen LogP contribution is 2.25. The van der Waals surface area contributed by atoms with E-state index in [-0.39, 0.29) is 11.2 Å². The van der Waals surface area contributed by atoms with Crippen LogP contribution in [-0.2, 0) is 6.42 Å². The quantitative estimate of drug-likeness (QED) is 0.770. The van der Waals surface area contributed by atoms with Crippen molar-refractivity contribution in [3.63, 3.8) is 0 Å². The molecule has 0 radical (unpaired) electrons. The Kier molecular flexibility index (Phi) is 5.78. The number of hydrogen-bond donors (Lipinski definition) is 1. The summed E-state index contributed by atoms with van der Waals surface area (Å²) in [6.45, 7) is 4.64. The van der Waals surface area contributed by atoms with Gasteiger partial charge in [0.15, 0.2) is 11.6 Å². The van der Waals surface area contributed by atoms with Gasteiger partial charge in [0.05, 0.1) is 18.1 Å². The van der Waals surface area contributed by atoms with Crippen LogP contribution in [0.3, 0.4) is 0 Å². The Hall–Kier alpha value is -1.60. The van der Waals surface area contributed by atoms with Crippen LogP contribution < -0.4 is 10.5 Å². The molecule has 0 saturated carbocycles. The molecule has 104 valence electrons. The fraction of sp³-hybridized carbons (Fsp3) is 0.533. The summed E-state index contributed by atoms with van der Waals surface area (Å²) in [6.07, 6.45) is 2.04. The van der Waals surface area contributed by atoms with Gasteiger partial charge in [0.1, 0.15) is 0 Å². The van der Waals surface area contributed by atoms with Crippen molar-refractivity contribution in [2.24, 2.45) is 11.1 Å². The second-order valence-corrected chi connectivity index (χ2v) is 5.21. The smallest absolute Gasteiger partial charge is 0.165 e. The van der Waals surface area contributed by atoms with Crippen LogP contribution in [-0.4, -0.2) is 13.2 Å². The third kappa shape index (κ3) is 4.88. The van der Waals surface area contributed by atoms with E-state index >= 15 is 0 Å². The van der Waals surface area contributed by atoms with E-state index < -0.39 is 0 Å². The highest BCUT2D eigenvalue weighted by atomic mass is 19.1. The molecule has 0 aliphatic heterocycles. The number of hydrogen-bond acceptors (Lipinski definition) is 3. The lowest BCUT2D eigenvalue weighted by atomic mass is 9.90. The molecule has 0 atom stereocenters. The van der Waals surface area contributed by atoms with Crippen LogP contribution in [0.5, 0.6) is 5.75 Å². The van der Waals surface area contributed by atoms with E-state index in [2.05, 4.69) is 6.07 Å². The number of benzene rings is 1. The second kappa shape index (κ2) is 7.10. The molecule has 1 aromatic carbocycles. The number of rotatable bonds is 7. The van der Waals surface area contributed by atoms with E-state index in [4.69, 9.17) is 15.7 Å². The normalized spacial score (nSPS) is 11.1. The summed E-state index contributed by atoms with van der Waals surface area (Å²) >= 11 is 0. The molecule has 1 aromatic rings. The highest BCUT2D eigenvalue weighted by Gasteiger charge is 2.16.